The molecule has 0 unspecified atom stereocenters. The fourth-order valence-corrected chi connectivity index (χ4v) is 2.64. The average molecular weight is 267 g/mol. The Morgan fingerprint density at radius 1 is 1.22 bits per heavy atom. The van der Waals surface area contributed by atoms with Gasteiger partial charge in [0, 0.05) is 31.3 Å². The van der Waals surface area contributed by atoms with Gasteiger partial charge < -0.3 is 10.1 Å². The van der Waals surface area contributed by atoms with E-state index in [9.17, 15) is 0 Å². The van der Waals surface area contributed by atoms with Crippen molar-refractivity contribution in [2.75, 3.05) is 32.1 Å². The van der Waals surface area contributed by atoms with Crippen LogP contribution in [-0.4, -0.2) is 32.1 Å². The molecular formula is C15H25NOS. The minimum Gasteiger partial charge on any atom is -0.382 e. The Labute approximate surface area is 116 Å². The van der Waals surface area contributed by atoms with Crippen LogP contribution in [0.15, 0.2) is 24.3 Å². The molecule has 1 N–H and O–H groups in total. The molecule has 0 bridgehead atoms. The zero-order valence-corrected chi connectivity index (χ0v) is 12.4. The van der Waals surface area contributed by atoms with E-state index < -0.39 is 0 Å². The Morgan fingerprint density at radius 3 is 2.83 bits per heavy atom. The molecule has 1 rings (SSSR count). The Bertz CT molecular complexity index is 317. The van der Waals surface area contributed by atoms with Crippen LogP contribution in [0.3, 0.4) is 0 Å². The zero-order valence-electron chi connectivity index (χ0n) is 11.6. The van der Waals surface area contributed by atoms with Crippen LogP contribution in [0.4, 0.5) is 0 Å². The SMILES string of the molecule is CCOCCCNCCSCc1ccccc1C. The highest BCUT2D eigenvalue weighted by Crippen LogP contribution is 2.15. The molecule has 0 spiro atoms. The second kappa shape index (κ2) is 10.4. The van der Waals surface area contributed by atoms with Crippen molar-refractivity contribution >= 4 is 11.8 Å². The second-order valence-corrected chi connectivity index (χ2v) is 5.38. The smallest absolute Gasteiger partial charge is 0.0477 e. The van der Waals surface area contributed by atoms with Crippen LogP contribution in [0.2, 0.25) is 0 Å². The van der Waals surface area contributed by atoms with E-state index in [1.807, 2.05) is 18.7 Å². The summed E-state index contributed by atoms with van der Waals surface area (Å²) in [7, 11) is 0. The van der Waals surface area contributed by atoms with Gasteiger partial charge in [0.15, 0.2) is 0 Å². The molecule has 1 aromatic rings. The number of nitrogens with one attached hydrogen (secondary N) is 1. The monoisotopic (exact) mass is 267 g/mol. The Hall–Kier alpha value is -0.510. The molecule has 0 heterocycles. The average Bonchev–Trinajstić information content (AvgIpc) is 2.39. The molecule has 2 nitrogen and oxygen atoms in total. The molecule has 0 amide bonds. The summed E-state index contributed by atoms with van der Waals surface area (Å²) in [6.07, 6.45) is 1.11. The minimum absolute atomic E-state index is 0.826. The first kappa shape index (κ1) is 15.5. The first-order valence-corrected chi connectivity index (χ1v) is 7.90. The maximum Gasteiger partial charge on any atom is 0.0477 e. The molecule has 3 heteroatoms. The van der Waals surface area contributed by atoms with Crippen LogP contribution >= 0.6 is 11.8 Å². The van der Waals surface area contributed by atoms with Gasteiger partial charge in [0.2, 0.25) is 0 Å². The Kier molecular flexibility index (Phi) is 9.00. The molecule has 0 aliphatic heterocycles. The van der Waals surface area contributed by atoms with Crippen LogP contribution in [0.25, 0.3) is 0 Å². The summed E-state index contributed by atoms with van der Waals surface area (Å²) < 4.78 is 5.29. The second-order valence-electron chi connectivity index (χ2n) is 4.28. The summed E-state index contributed by atoms with van der Waals surface area (Å²) >= 11 is 2.00. The number of hydrogen-bond donors (Lipinski definition) is 1. The van der Waals surface area contributed by atoms with E-state index in [0.717, 1.165) is 38.5 Å². The van der Waals surface area contributed by atoms with Gasteiger partial charge in [-0.15, -0.1) is 0 Å². The third kappa shape index (κ3) is 7.04. The van der Waals surface area contributed by atoms with Gasteiger partial charge in [-0.2, -0.15) is 11.8 Å². The van der Waals surface area contributed by atoms with Crippen LogP contribution < -0.4 is 5.32 Å². The normalized spacial score (nSPS) is 10.8. The predicted octanol–water partition coefficient (Wildman–Crippen LogP) is 3.24. The third-order valence-electron chi connectivity index (χ3n) is 2.79. The molecule has 1 aromatic carbocycles. The molecule has 0 fully saturated rings. The van der Waals surface area contributed by atoms with Crippen LogP contribution in [0, 0.1) is 6.92 Å². The summed E-state index contributed by atoms with van der Waals surface area (Å²) in [6.45, 7) is 8.07. The summed E-state index contributed by atoms with van der Waals surface area (Å²) in [5.41, 5.74) is 2.86. The number of benzene rings is 1. The first-order valence-electron chi connectivity index (χ1n) is 6.75. The van der Waals surface area contributed by atoms with Crippen molar-refractivity contribution in [3.63, 3.8) is 0 Å². The van der Waals surface area contributed by atoms with Gasteiger partial charge in [-0.1, -0.05) is 24.3 Å². The van der Waals surface area contributed by atoms with E-state index in [1.54, 1.807) is 0 Å². The standard InChI is InChI=1S/C15H25NOS/c1-3-17-11-6-9-16-10-12-18-13-15-8-5-4-7-14(15)2/h4-5,7-8,16H,3,6,9-13H2,1-2H3. The highest BCUT2D eigenvalue weighted by molar-refractivity contribution is 7.98. The largest absolute Gasteiger partial charge is 0.382 e. The number of aryl methyl sites for hydroxylation is 1. The van der Waals surface area contributed by atoms with E-state index in [0.29, 0.717) is 0 Å². The number of ether oxygens (including phenoxy) is 1. The zero-order chi connectivity index (χ0) is 13.1. The predicted molar refractivity (Wildman–Crippen MR) is 81.3 cm³/mol. The molecule has 0 aromatic heterocycles. The van der Waals surface area contributed by atoms with Gasteiger partial charge in [0.05, 0.1) is 0 Å². The lowest BCUT2D eigenvalue weighted by Crippen LogP contribution is -2.19. The maximum absolute atomic E-state index is 5.29. The van der Waals surface area contributed by atoms with Crippen LogP contribution in [-0.2, 0) is 10.5 Å². The van der Waals surface area contributed by atoms with Crippen molar-refractivity contribution in [2.45, 2.75) is 26.0 Å². The minimum atomic E-state index is 0.826. The summed E-state index contributed by atoms with van der Waals surface area (Å²) in [4.78, 5) is 0. The molecule has 102 valence electrons. The topological polar surface area (TPSA) is 21.3 Å². The Morgan fingerprint density at radius 2 is 2.06 bits per heavy atom. The fourth-order valence-electron chi connectivity index (χ4n) is 1.67. The third-order valence-corrected chi connectivity index (χ3v) is 3.80. The molecule has 0 aliphatic rings. The molecule has 18 heavy (non-hydrogen) atoms. The van der Waals surface area contributed by atoms with Crippen molar-refractivity contribution in [1.29, 1.82) is 0 Å². The lowest BCUT2D eigenvalue weighted by Gasteiger charge is -2.06. The van der Waals surface area contributed by atoms with Gasteiger partial charge >= 0.3 is 0 Å². The van der Waals surface area contributed by atoms with Gasteiger partial charge in [-0.3, -0.25) is 0 Å². The van der Waals surface area contributed by atoms with Crippen LogP contribution in [0.1, 0.15) is 24.5 Å². The molecule has 0 radical (unpaired) electrons. The number of rotatable bonds is 10. The van der Waals surface area contributed by atoms with Crippen molar-refractivity contribution in [3.8, 4) is 0 Å². The molecule has 0 saturated carbocycles. The van der Waals surface area contributed by atoms with Gasteiger partial charge in [-0.25, -0.2) is 0 Å². The van der Waals surface area contributed by atoms with Crippen molar-refractivity contribution in [1.82, 2.24) is 5.32 Å². The Balaban J connectivity index is 1.94. The maximum atomic E-state index is 5.29. The van der Waals surface area contributed by atoms with Crippen molar-refractivity contribution in [2.24, 2.45) is 0 Å². The lowest BCUT2D eigenvalue weighted by molar-refractivity contribution is 0.145. The van der Waals surface area contributed by atoms with E-state index in [4.69, 9.17) is 4.74 Å². The van der Waals surface area contributed by atoms with Gasteiger partial charge in [0.1, 0.15) is 0 Å². The molecular weight excluding hydrogens is 242 g/mol. The van der Waals surface area contributed by atoms with Gasteiger partial charge in [-0.05, 0) is 37.9 Å². The number of thioether (sulfide) groups is 1. The molecule has 0 saturated heterocycles. The highest BCUT2D eigenvalue weighted by atomic mass is 32.2. The quantitative estimate of drug-likeness (QED) is 0.658. The molecule has 0 aliphatic carbocycles. The van der Waals surface area contributed by atoms with E-state index in [-0.39, 0.29) is 0 Å². The van der Waals surface area contributed by atoms with E-state index >= 15 is 0 Å². The lowest BCUT2D eigenvalue weighted by atomic mass is 10.1. The summed E-state index contributed by atoms with van der Waals surface area (Å²) in [6, 6.07) is 8.62. The summed E-state index contributed by atoms with van der Waals surface area (Å²) in [5.74, 6) is 2.29. The summed E-state index contributed by atoms with van der Waals surface area (Å²) in [5, 5.41) is 3.44. The van der Waals surface area contributed by atoms with Crippen molar-refractivity contribution < 1.29 is 4.74 Å². The first-order chi connectivity index (χ1) is 8.84. The van der Waals surface area contributed by atoms with E-state index in [2.05, 4.69) is 36.5 Å². The molecule has 0 atom stereocenters. The van der Waals surface area contributed by atoms with Crippen LogP contribution in [0.5, 0.6) is 0 Å². The number of hydrogen-bond acceptors (Lipinski definition) is 3. The van der Waals surface area contributed by atoms with Gasteiger partial charge in [0.25, 0.3) is 0 Å². The fraction of sp³-hybridized carbons (Fsp3) is 0.600. The van der Waals surface area contributed by atoms with E-state index in [1.165, 1.54) is 16.9 Å². The highest BCUT2D eigenvalue weighted by Gasteiger charge is 1.96. The van der Waals surface area contributed by atoms with Crippen molar-refractivity contribution in [3.05, 3.63) is 35.4 Å².